The zero-order valence-corrected chi connectivity index (χ0v) is 14.7. The first-order chi connectivity index (χ1) is 12.0. The van der Waals surface area contributed by atoms with Gasteiger partial charge in [-0.25, -0.2) is 4.79 Å². The number of nitrogens with one attached hydrogen (secondary N) is 2. The number of carbonyl (C=O) groups excluding carboxylic acids is 3. The summed E-state index contributed by atoms with van der Waals surface area (Å²) >= 11 is 1.52. The van der Waals surface area contributed by atoms with E-state index in [9.17, 15) is 14.4 Å². The van der Waals surface area contributed by atoms with Gasteiger partial charge in [0.05, 0.1) is 0 Å². The summed E-state index contributed by atoms with van der Waals surface area (Å²) in [5.74, 6) is -1.25. The lowest BCUT2D eigenvalue weighted by Crippen LogP contribution is -2.20. The number of thiophene rings is 1. The number of hydrogen-bond acceptors (Lipinski definition) is 5. The second kappa shape index (κ2) is 8.79. The minimum absolute atomic E-state index is 0.209. The molecule has 1 aromatic carbocycles. The van der Waals surface area contributed by atoms with Crippen LogP contribution in [0, 0.1) is 6.92 Å². The van der Waals surface area contributed by atoms with Crippen molar-refractivity contribution >= 4 is 40.9 Å². The lowest BCUT2D eigenvalue weighted by molar-refractivity contribution is -0.142. The van der Waals surface area contributed by atoms with E-state index in [1.54, 1.807) is 37.4 Å². The standard InChI is InChI=1S/C18H18N2O4S/c1-12-9-10-25-15(12)7-8-17(22)24-11-16(21)20-14-5-3-13(4-6-14)18(23)19-2/h3-10H,11H2,1-2H3,(H,19,23)(H,20,21)/b8-7+. The third kappa shape index (κ3) is 5.58. The normalized spacial score (nSPS) is 10.5. The van der Waals surface area contributed by atoms with Crippen LogP contribution in [0.5, 0.6) is 0 Å². The van der Waals surface area contributed by atoms with Crippen molar-refractivity contribution in [3.05, 3.63) is 57.8 Å². The number of anilines is 1. The van der Waals surface area contributed by atoms with Gasteiger partial charge in [0.2, 0.25) is 0 Å². The van der Waals surface area contributed by atoms with Crippen molar-refractivity contribution in [3.63, 3.8) is 0 Å². The van der Waals surface area contributed by atoms with E-state index >= 15 is 0 Å². The summed E-state index contributed by atoms with van der Waals surface area (Å²) in [6.07, 6.45) is 2.96. The maximum absolute atomic E-state index is 11.8. The average molecular weight is 358 g/mol. The van der Waals surface area contributed by atoms with Crippen LogP contribution in [0.3, 0.4) is 0 Å². The molecule has 0 aliphatic heterocycles. The van der Waals surface area contributed by atoms with Gasteiger partial charge in [0.15, 0.2) is 6.61 Å². The van der Waals surface area contributed by atoms with E-state index in [0.717, 1.165) is 10.4 Å². The molecule has 130 valence electrons. The quantitative estimate of drug-likeness (QED) is 0.614. The van der Waals surface area contributed by atoms with Gasteiger partial charge in [-0.15, -0.1) is 11.3 Å². The number of aryl methyl sites for hydroxylation is 1. The van der Waals surface area contributed by atoms with Crippen LogP contribution in [0.25, 0.3) is 6.08 Å². The Morgan fingerprint density at radius 1 is 1.16 bits per heavy atom. The highest BCUT2D eigenvalue weighted by molar-refractivity contribution is 7.11. The van der Waals surface area contributed by atoms with Crippen LogP contribution in [0.2, 0.25) is 0 Å². The average Bonchev–Trinajstić information content (AvgIpc) is 3.03. The van der Waals surface area contributed by atoms with Crippen LogP contribution < -0.4 is 10.6 Å². The van der Waals surface area contributed by atoms with Gasteiger partial charge in [-0.2, -0.15) is 0 Å². The highest BCUT2D eigenvalue weighted by Crippen LogP contribution is 2.17. The van der Waals surface area contributed by atoms with E-state index in [1.807, 2.05) is 18.4 Å². The molecule has 0 unspecified atom stereocenters. The van der Waals surface area contributed by atoms with Crippen molar-refractivity contribution in [2.45, 2.75) is 6.92 Å². The molecular weight excluding hydrogens is 340 g/mol. The van der Waals surface area contributed by atoms with Crippen molar-refractivity contribution in [3.8, 4) is 0 Å². The molecule has 0 spiro atoms. The molecule has 0 saturated carbocycles. The number of benzene rings is 1. The lowest BCUT2D eigenvalue weighted by Gasteiger charge is -2.06. The summed E-state index contributed by atoms with van der Waals surface area (Å²) in [7, 11) is 1.54. The molecule has 2 rings (SSSR count). The van der Waals surface area contributed by atoms with Crippen molar-refractivity contribution in [1.29, 1.82) is 0 Å². The molecule has 6 nitrogen and oxygen atoms in total. The maximum Gasteiger partial charge on any atom is 0.331 e. The van der Waals surface area contributed by atoms with Crippen LogP contribution in [-0.2, 0) is 14.3 Å². The van der Waals surface area contributed by atoms with Crippen LogP contribution in [0.15, 0.2) is 41.8 Å². The fraction of sp³-hybridized carbons (Fsp3) is 0.167. The van der Waals surface area contributed by atoms with Gasteiger partial charge in [0.25, 0.3) is 11.8 Å². The monoisotopic (exact) mass is 358 g/mol. The van der Waals surface area contributed by atoms with Gasteiger partial charge in [0, 0.05) is 29.3 Å². The molecule has 0 fully saturated rings. The summed E-state index contributed by atoms with van der Waals surface area (Å²) in [5.41, 5.74) is 2.08. The minimum atomic E-state index is -0.585. The van der Waals surface area contributed by atoms with Crippen molar-refractivity contribution < 1.29 is 19.1 Å². The molecule has 0 aliphatic rings. The van der Waals surface area contributed by atoms with E-state index in [-0.39, 0.29) is 12.5 Å². The third-order valence-corrected chi connectivity index (χ3v) is 4.26. The van der Waals surface area contributed by atoms with Crippen molar-refractivity contribution in [1.82, 2.24) is 5.32 Å². The Kier molecular flexibility index (Phi) is 6.47. The zero-order valence-electron chi connectivity index (χ0n) is 13.9. The third-order valence-electron chi connectivity index (χ3n) is 3.28. The summed E-state index contributed by atoms with van der Waals surface area (Å²) in [4.78, 5) is 35.8. The largest absolute Gasteiger partial charge is 0.452 e. The molecule has 2 aromatic rings. The van der Waals surface area contributed by atoms with Crippen LogP contribution in [-0.4, -0.2) is 31.4 Å². The number of ether oxygens (including phenoxy) is 1. The topological polar surface area (TPSA) is 84.5 Å². The van der Waals surface area contributed by atoms with Crippen molar-refractivity contribution in [2.75, 3.05) is 19.0 Å². The predicted octanol–water partition coefficient (Wildman–Crippen LogP) is 2.61. The molecule has 0 aliphatic carbocycles. The number of hydrogen-bond donors (Lipinski definition) is 2. The fourth-order valence-electron chi connectivity index (χ4n) is 1.93. The summed E-state index contributed by atoms with van der Waals surface area (Å²) < 4.78 is 4.90. The van der Waals surface area contributed by atoms with Gasteiger partial charge < -0.3 is 15.4 Å². The summed E-state index contributed by atoms with van der Waals surface area (Å²) in [5, 5.41) is 7.03. The second-order valence-electron chi connectivity index (χ2n) is 5.11. The Labute approximate surface area is 149 Å². The Morgan fingerprint density at radius 3 is 2.48 bits per heavy atom. The first-order valence-corrected chi connectivity index (χ1v) is 8.38. The van der Waals surface area contributed by atoms with Gasteiger partial charge in [-0.1, -0.05) is 0 Å². The Bertz CT molecular complexity index is 794. The smallest absolute Gasteiger partial charge is 0.331 e. The van der Waals surface area contributed by atoms with Crippen LogP contribution >= 0.6 is 11.3 Å². The number of rotatable bonds is 6. The SMILES string of the molecule is CNC(=O)c1ccc(NC(=O)COC(=O)/C=C/c2sccc2C)cc1. The van der Waals surface area contributed by atoms with Gasteiger partial charge in [-0.3, -0.25) is 9.59 Å². The molecular formula is C18H18N2O4S. The number of amides is 2. The lowest BCUT2D eigenvalue weighted by atomic mass is 10.2. The summed E-state index contributed by atoms with van der Waals surface area (Å²) in [6, 6.07) is 8.34. The number of esters is 1. The first-order valence-electron chi connectivity index (χ1n) is 7.50. The van der Waals surface area contributed by atoms with E-state index in [4.69, 9.17) is 4.74 Å². The molecule has 0 radical (unpaired) electrons. The first kappa shape index (κ1) is 18.4. The molecule has 0 saturated heterocycles. The molecule has 1 aromatic heterocycles. The highest BCUT2D eigenvalue weighted by atomic mass is 32.1. The zero-order chi connectivity index (χ0) is 18.2. The van der Waals surface area contributed by atoms with Crippen LogP contribution in [0.1, 0.15) is 20.8 Å². The Morgan fingerprint density at radius 2 is 1.88 bits per heavy atom. The van der Waals surface area contributed by atoms with Gasteiger partial charge >= 0.3 is 5.97 Å². The van der Waals surface area contributed by atoms with Crippen LogP contribution in [0.4, 0.5) is 5.69 Å². The van der Waals surface area contributed by atoms with Gasteiger partial charge in [0.1, 0.15) is 0 Å². The maximum atomic E-state index is 11.8. The number of carbonyl (C=O) groups is 3. The van der Waals surface area contributed by atoms with Gasteiger partial charge in [-0.05, 0) is 54.3 Å². The molecule has 7 heteroatoms. The summed E-state index contributed by atoms with van der Waals surface area (Å²) in [6.45, 7) is 1.56. The second-order valence-corrected chi connectivity index (χ2v) is 6.06. The van der Waals surface area contributed by atoms with Crippen molar-refractivity contribution in [2.24, 2.45) is 0 Å². The molecule has 0 atom stereocenters. The van der Waals surface area contributed by atoms with E-state index < -0.39 is 11.9 Å². The molecule has 1 heterocycles. The Balaban J connectivity index is 1.80. The van der Waals surface area contributed by atoms with E-state index in [1.165, 1.54) is 17.4 Å². The highest BCUT2D eigenvalue weighted by Gasteiger charge is 2.07. The minimum Gasteiger partial charge on any atom is -0.452 e. The molecule has 0 bridgehead atoms. The fourth-order valence-corrected chi connectivity index (χ4v) is 2.75. The molecule has 2 N–H and O–H groups in total. The Hall–Kier alpha value is -2.93. The molecule has 25 heavy (non-hydrogen) atoms. The van der Waals surface area contributed by atoms with E-state index in [2.05, 4.69) is 10.6 Å². The van der Waals surface area contributed by atoms with E-state index in [0.29, 0.717) is 11.3 Å². The molecule has 2 amide bonds. The predicted molar refractivity (Wildman–Crippen MR) is 97.5 cm³/mol.